The van der Waals surface area contributed by atoms with Crippen LogP contribution in [0.5, 0.6) is 5.75 Å². The highest BCUT2D eigenvalue weighted by Crippen LogP contribution is 2.12. The summed E-state index contributed by atoms with van der Waals surface area (Å²) < 4.78 is 5.11. The molecule has 0 radical (unpaired) electrons. The van der Waals surface area contributed by atoms with Crippen molar-refractivity contribution in [3.05, 3.63) is 29.8 Å². The summed E-state index contributed by atoms with van der Waals surface area (Å²) in [4.78, 5) is 11.3. The Balaban J connectivity index is 2.54. The van der Waals surface area contributed by atoms with Crippen molar-refractivity contribution in [2.24, 2.45) is 10.8 Å². The Hall–Kier alpha value is -1.95. The number of benzene rings is 1. The predicted molar refractivity (Wildman–Crippen MR) is 74.5 cm³/mol. The molecule has 0 aliphatic carbocycles. The number of carbonyl (C=O) groups excluding carboxylic acids is 1. The molecule has 0 spiro atoms. The SMILES string of the molecule is CCCC(=O)Oc1ccc(C=NNC(N)=S)cc1. The number of rotatable bonds is 5. The Morgan fingerprint density at radius 3 is 2.72 bits per heavy atom. The van der Waals surface area contributed by atoms with Crippen molar-refractivity contribution in [1.82, 2.24) is 5.43 Å². The minimum absolute atomic E-state index is 0.108. The molecule has 0 aliphatic rings. The topological polar surface area (TPSA) is 76.7 Å². The van der Waals surface area contributed by atoms with Crippen LogP contribution in [-0.2, 0) is 4.79 Å². The van der Waals surface area contributed by atoms with Gasteiger partial charge in [0.2, 0.25) is 0 Å². The number of esters is 1. The zero-order chi connectivity index (χ0) is 13.4. The number of ether oxygens (including phenoxy) is 1. The van der Waals surface area contributed by atoms with Crippen LogP contribution in [0.25, 0.3) is 0 Å². The summed E-state index contributed by atoms with van der Waals surface area (Å²) in [5, 5.41) is 3.92. The number of hydrogen-bond donors (Lipinski definition) is 2. The Morgan fingerprint density at radius 1 is 1.50 bits per heavy atom. The summed E-state index contributed by atoms with van der Waals surface area (Å²) in [5.41, 5.74) is 8.51. The van der Waals surface area contributed by atoms with Crippen molar-refractivity contribution in [3.8, 4) is 5.75 Å². The fraction of sp³-hybridized carbons (Fsp3) is 0.250. The molecule has 1 aromatic rings. The molecule has 0 saturated carbocycles. The minimum atomic E-state index is -0.228. The lowest BCUT2D eigenvalue weighted by Crippen LogP contribution is -2.23. The number of nitrogens with two attached hydrogens (primary N) is 1. The van der Waals surface area contributed by atoms with Gasteiger partial charge < -0.3 is 10.5 Å². The average Bonchev–Trinajstić information content (AvgIpc) is 2.31. The molecule has 3 N–H and O–H groups in total. The number of carbonyl (C=O) groups is 1. The van der Waals surface area contributed by atoms with E-state index >= 15 is 0 Å². The Morgan fingerprint density at radius 2 is 2.17 bits per heavy atom. The second-order valence-corrected chi connectivity index (χ2v) is 3.97. The molecule has 1 aromatic carbocycles. The molecule has 96 valence electrons. The lowest BCUT2D eigenvalue weighted by Gasteiger charge is -2.03. The molecular weight excluding hydrogens is 250 g/mol. The first kappa shape index (κ1) is 14.1. The van der Waals surface area contributed by atoms with Gasteiger partial charge in [-0.1, -0.05) is 6.92 Å². The number of hydrogen-bond acceptors (Lipinski definition) is 4. The highest BCUT2D eigenvalue weighted by Gasteiger charge is 2.02. The molecule has 0 aromatic heterocycles. The molecule has 0 unspecified atom stereocenters. The van der Waals surface area contributed by atoms with E-state index in [0.29, 0.717) is 12.2 Å². The van der Waals surface area contributed by atoms with Crippen LogP contribution in [0.4, 0.5) is 0 Å². The molecule has 0 saturated heterocycles. The van der Waals surface area contributed by atoms with Gasteiger partial charge in [0.25, 0.3) is 0 Å². The van der Waals surface area contributed by atoms with E-state index in [4.69, 9.17) is 10.5 Å². The smallest absolute Gasteiger partial charge is 0.311 e. The van der Waals surface area contributed by atoms with E-state index in [1.54, 1.807) is 30.5 Å². The summed E-state index contributed by atoms with van der Waals surface area (Å²) in [6, 6.07) is 6.96. The van der Waals surface area contributed by atoms with Gasteiger partial charge >= 0.3 is 5.97 Å². The summed E-state index contributed by atoms with van der Waals surface area (Å²) >= 11 is 4.60. The molecule has 0 bridgehead atoms. The Labute approximate surface area is 111 Å². The molecule has 0 aliphatic heterocycles. The van der Waals surface area contributed by atoms with E-state index in [0.717, 1.165) is 12.0 Å². The number of thiocarbonyl (C=S) groups is 1. The van der Waals surface area contributed by atoms with E-state index in [1.807, 2.05) is 6.92 Å². The van der Waals surface area contributed by atoms with Gasteiger partial charge in [-0.25, -0.2) is 0 Å². The highest BCUT2D eigenvalue weighted by atomic mass is 32.1. The predicted octanol–water partition coefficient (Wildman–Crippen LogP) is 1.56. The van der Waals surface area contributed by atoms with Crippen LogP contribution in [0.15, 0.2) is 29.4 Å². The molecule has 0 atom stereocenters. The van der Waals surface area contributed by atoms with Crippen molar-refractivity contribution in [2.45, 2.75) is 19.8 Å². The van der Waals surface area contributed by atoms with E-state index in [1.165, 1.54) is 0 Å². The van der Waals surface area contributed by atoms with Crippen LogP contribution in [0.3, 0.4) is 0 Å². The largest absolute Gasteiger partial charge is 0.427 e. The van der Waals surface area contributed by atoms with Gasteiger partial charge in [0, 0.05) is 6.42 Å². The van der Waals surface area contributed by atoms with E-state index in [9.17, 15) is 4.79 Å². The van der Waals surface area contributed by atoms with Crippen LogP contribution in [0.1, 0.15) is 25.3 Å². The molecule has 0 fully saturated rings. The first-order valence-corrected chi connectivity index (χ1v) is 5.92. The number of nitrogens with one attached hydrogen (secondary N) is 1. The van der Waals surface area contributed by atoms with E-state index in [-0.39, 0.29) is 11.1 Å². The average molecular weight is 265 g/mol. The van der Waals surface area contributed by atoms with Gasteiger partial charge in [-0.3, -0.25) is 10.2 Å². The van der Waals surface area contributed by atoms with Gasteiger partial charge in [0.1, 0.15) is 5.75 Å². The summed E-state index contributed by atoms with van der Waals surface area (Å²) in [6.07, 6.45) is 2.76. The fourth-order valence-electron chi connectivity index (χ4n) is 1.18. The molecular formula is C12H15N3O2S. The van der Waals surface area contributed by atoms with Crippen molar-refractivity contribution in [2.75, 3.05) is 0 Å². The lowest BCUT2D eigenvalue weighted by molar-refractivity contribution is -0.134. The summed E-state index contributed by atoms with van der Waals surface area (Å²) in [7, 11) is 0. The lowest BCUT2D eigenvalue weighted by atomic mass is 10.2. The third-order valence-electron chi connectivity index (χ3n) is 1.95. The summed E-state index contributed by atoms with van der Waals surface area (Å²) in [5.74, 6) is 0.293. The third kappa shape index (κ3) is 5.40. The van der Waals surface area contributed by atoms with Gasteiger partial charge in [-0.05, 0) is 48.5 Å². The summed E-state index contributed by atoms with van der Waals surface area (Å²) in [6.45, 7) is 1.93. The van der Waals surface area contributed by atoms with Crippen molar-refractivity contribution >= 4 is 29.5 Å². The van der Waals surface area contributed by atoms with Gasteiger partial charge in [0.05, 0.1) is 6.21 Å². The molecule has 1 rings (SSSR count). The second-order valence-electron chi connectivity index (χ2n) is 3.53. The second kappa shape index (κ2) is 7.39. The van der Waals surface area contributed by atoms with Crippen LogP contribution >= 0.6 is 12.2 Å². The highest BCUT2D eigenvalue weighted by molar-refractivity contribution is 7.80. The van der Waals surface area contributed by atoms with Gasteiger partial charge in [-0.15, -0.1) is 0 Å². The van der Waals surface area contributed by atoms with E-state index in [2.05, 4.69) is 22.7 Å². The molecule has 6 heteroatoms. The van der Waals surface area contributed by atoms with Crippen LogP contribution in [0, 0.1) is 0 Å². The zero-order valence-electron chi connectivity index (χ0n) is 10.1. The third-order valence-corrected chi connectivity index (χ3v) is 2.05. The maximum absolute atomic E-state index is 11.3. The normalized spacial score (nSPS) is 10.3. The van der Waals surface area contributed by atoms with E-state index < -0.39 is 0 Å². The molecule has 5 nitrogen and oxygen atoms in total. The quantitative estimate of drug-likeness (QED) is 0.278. The van der Waals surface area contributed by atoms with Crippen molar-refractivity contribution in [3.63, 3.8) is 0 Å². The zero-order valence-corrected chi connectivity index (χ0v) is 10.9. The Bertz CT molecular complexity index is 443. The van der Waals surface area contributed by atoms with Gasteiger partial charge in [0.15, 0.2) is 5.11 Å². The molecule has 18 heavy (non-hydrogen) atoms. The minimum Gasteiger partial charge on any atom is -0.427 e. The first-order valence-electron chi connectivity index (χ1n) is 5.51. The fourth-order valence-corrected chi connectivity index (χ4v) is 1.23. The van der Waals surface area contributed by atoms with Crippen molar-refractivity contribution < 1.29 is 9.53 Å². The standard InChI is InChI=1S/C12H15N3O2S/c1-2-3-11(16)17-10-6-4-9(5-7-10)8-14-15-12(13)18/h4-8H,2-3H2,1H3,(H3,13,15,18). The maximum Gasteiger partial charge on any atom is 0.311 e. The van der Waals surface area contributed by atoms with Crippen LogP contribution < -0.4 is 15.9 Å². The van der Waals surface area contributed by atoms with Gasteiger partial charge in [-0.2, -0.15) is 5.10 Å². The van der Waals surface area contributed by atoms with Crippen LogP contribution in [-0.4, -0.2) is 17.3 Å². The molecule has 0 heterocycles. The monoisotopic (exact) mass is 265 g/mol. The Kier molecular flexibility index (Phi) is 5.79. The maximum atomic E-state index is 11.3. The molecule has 0 amide bonds. The number of nitrogens with zero attached hydrogens (tertiary/aromatic N) is 1. The van der Waals surface area contributed by atoms with Crippen LogP contribution in [0.2, 0.25) is 0 Å². The number of hydrazone groups is 1. The first-order chi connectivity index (χ1) is 8.61. The van der Waals surface area contributed by atoms with Crippen molar-refractivity contribution in [1.29, 1.82) is 0 Å².